The number of ether oxygens (including phenoxy) is 1. The van der Waals surface area contributed by atoms with Gasteiger partial charge in [0.15, 0.2) is 0 Å². The van der Waals surface area contributed by atoms with Crippen molar-refractivity contribution in [2.24, 2.45) is 5.73 Å². The fraction of sp³-hybridized carbons (Fsp3) is 0.308. The molecule has 2 aromatic rings. The summed E-state index contributed by atoms with van der Waals surface area (Å²) in [5, 5.41) is 2.66. The molecule has 0 aliphatic rings. The number of halogens is 3. The monoisotopic (exact) mass is 302 g/mol. The van der Waals surface area contributed by atoms with Crippen molar-refractivity contribution in [3.8, 4) is 5.75 Å². The minimum atomic E-state index is -4.73. The maximum atomic E-state index is 12.3. The Hall–Kier alpha value is -1.60. The highest BCUT2D eigenvalue weighted by Gasteiger charge is 2.32. The summed E-state index contributed by atoms with van der Waals surface area (Å²) >= 11 is 1.44. The van der Waals surface area contributed by atoms with Crippen LogP contribution in [0.1, 0.15) is 22.3 Å². The van der Waals surface area contributed by atoms with Crippen LogP contribution < -0.4 is 10.5 Å². The van der Waals surface area contributed by atoms with E-state index in [2.05, 4.69) is 9.72 Å². The van der Waals surface area contributed by atoms with E-state index < -0.39 is 12.4 Å². The Morgan fingerprint density at radius 3 is 2.65 bits per heavy atom. The minimum Gasteiger partial charge on any atom is -0.405 e. The number of para-hydroxylation sites is 1. The summed E-state index contributed by atoms with van der Waals surface area (Å²) in [7, 11) is 0. The molecule has 0 aliphatic carbocycles. The maximum Gasteiger partial charge on any atom is 0.573 e. The highest BCUT2D eigenvalue weighted by Crippen LogP contribution is 2.31. The highest BCUT2D eigenvalue weighted by atomic mass is 32.1. The summed E-state index contributed by atoms with van der Waals surface area (Å²) in [6.07, 6.45) is -4.36. The van der Waals surface area contributed by atoms with E-state index in [-0.39, 0.29) is 5.75 Å². The molecule has 20 heavy (non-hydrogen) atoms. The Morgan fingerprint density at radius 1 is 1.35 bits per heavy atom. The van der Waals surface area contributed by atoms with Crippen molar-refractivity contribution in [1.82, 2.24) is 4.98 Å². The van der Waals surface area contributed by atoms with Crippen molar-refractivity contribution in [3.63, 3.8) is 0 Å². The molecule has 7 heteroatoms. The predicted molar refractivity (Wildman–Crippen MR) is 70.6 cm³/mol. The van der Waals surface area contributed by atoms with Crippen molar-refractivity contribution < 1.29 is 17.9 Å². The first-order valence-electron chi connectivity index (χ1n) is 5.86. The van der Waals surface area contributed by atoms with Gasteiger partial charge in [-0.15, -0.1) is 24.5 Å². The smallest absolute Gasteiger partial charge is 0.405 e. The van der Waals surface area contributed by atoms with Gasteiger partial charge < -0.3 is 10.5 Å². The quantitative estimate of drug-likeness (QED) is 0.939. The first kappa shape index (κ1) is 14.8. The van der Waals surface area contributed by atoms with E-state index in [1.807, 2.05) is 12.3 Å². The van der Waals surface area contributed by atoms with Crippen LogP contribution >= 0.6 is 11.3 Å². The van der Waals surface area contributed by atoms with Crippen LogP contribution in [0.15, 0.2) is 29.6 Å². The van der Waals surface area contributed by atoms with Gasteiger partial charge in [-0.3, -0.25) is 0 Å². The van der Waals surface area contributed by atoms with Crippen LogP contribution in [-0.4, -0.2) is 11.3 Å². The number of nitrogens with zero attached hydrogens (tertiary/aromatic N) is 1. The number of alkyl halides is 3. The van der Waals surface area contributed by atoms with Crippen LogP contribution in [0.3, 0.4) is 0 Å². The molecule has 0 aliphatic heterocycles. The molecule has 1 unspecified atom stereocenters. The van der Waals surface area contributed by atoms with Gasteiger partial charge in [0.2, 0.25) is 0 Å². The molecular weight excluding hydrogens is 289 g/mol. The topological polar surface area (TPSA) is 48.1 Å². The van der Waals surface area contributed by atoms with Crippen molar-refractivity contribution in [2.75, 3.05) is 0 Å². The molecule has 0 fully saturated rings. The van der Waals surface area contributed by atoms with Crippen LogP contribution in [0.25, 0.3) is 0 Å². The molecule has 0 amide bonds. The SMILES string of the molecule is Cc1csc(CC(N)c2ccccc2OC(F)(F)F)n1. The van der Waals surface area contributed by atoms with Crippen molar-refractivity contribution >= 4 is 11.3 Å². The van der Waals surface area contributed by atoms with Crippen LogP contribution in [-0.2, 0) is 6.42 Å². The lowest BCUT2D eigenvalue weighted by Gasteiger charge is -2.17. The third-order valence-corrected chi connectivity index (χ3v) is 3.59. The zero-order valence-corrected chi connectivity index (χ0v) is 11.5. The Bertz CT molecular complexity index is 583. The molecular formula is C13H13F3N2OS. The normalized spacial score (nSPS) is 13.2. The second-order valence-electron chi connectivity index (χ2n) is 4.28. The Labute approximate surface area is 118 Å². The summed E-state index contributed by atoms with van der Waals surface area (Å²) < 4.78 is 41.0. The minimum absolute atomic E-state index is 0.263. The molecule has 108 valence electrons. The molecule has 1 aromatic heterocycles. The van der Waals surface area contributed by atoms with E-state index in [0.717, 1.165) is 10.7 Å². The Morgan fingerprint density at radius 2 is 2.05 bits per heavy atom. The summed E-state index contributed by atoms with van der Waals surface area (Å²) in [5.41, 5.74) is 7.16. The Kier molecular flexibility index (Phi) is 4.29. The van der Waals surface area contributed by atoms with E-state index >= 15 is 0 Å². The lowest BCUT2D eigenvalue weighted by molar-refractivity contribution is -0.275. The molecule has 3 nitrogen and oxygen atoms in total. The number of nitrogens with two attached hydrogens (primary N) is 1. The van der Waals surface area contributed by atoms with Gasteiger partial charge in [0.25, 0.3) is 0 Å². The molecule has 1 heterocycles. The number of aromatic nitrogens is 1. The van der Waals surface area contributed by atoms with Gasteiger partial charge in [0, 0.05) is 29.1 Å². The van der Waals surface area contributed by atoms with Gasteiger partial charge in [-0.2, -0.15) is 0 Å². The first-order valence-corrected chi connectivity index (χ1v) is 6.74. The van der Waals surface area contributed by atoms with Gasteiger partial charge in [-0.05, 0) is 13.0 Å². The number of hydrogen-bond donors (Lipinski definition) is 1. The van der Waals surface area contributed by atoms with Crippen LogP contribution in [0.5, 0.6) is 5.75 Å². The van der Waals surface area contributed by atoms with Crippen LogP contribution in [0, 0.1) is 6.92 Å². The standard InChI is InChI=1S/C13H13F3N2OS/c1-8-7-20-12(18-8)6-10(17)9-4-2-3-5-11(9)19-13(14,15)16/h2-5,7,10H,6,17H2,1H3. The molecule has 0 saturated carbocycles. The predicted octanol–water partition coefficient (Wildman–Crippen LogP) is 3.59. The lowest BCUT2D eigenvalue weighted by Crippen LogP contribution is -2.21. The average molecular weight is 302 g/mol. The van der Waals surface area contributed by atoms with E-state index in [9.17, 15) is 13.2 Å². The second kappa shape index (κ2) is 5.80. The number of benzene rings is 1. The summed E-state index contributed by atoms with van der Waals surface area (Å²) in [6.45, 7) is 1.85. The summed E-state index contributed by atoms with van der Waals surface area (Å²) in [5.74, 6) is -0.263. The van der Waals surface area contributed by atoms with Crippen molar-refractivity contribution in [2.45, 2.75) is 25.7 Å². The summed E-state index contributed by atoms with van der Waals surface area (Å²) in [6, 6.07) is 5.30. The fourth-order valence-corrected chi connectivity index (χ4v) is 2.63. The fourth-order valence-electron chi connectivity index (χ4n) is 1.80. The zero-order chi connectivity index (χ0) is 14.8. The van der Waals surface area contributed by atoms with Gasteiger partial charge in [0.05, 0.1) is 5.01 Å². The van der Waals surface area contributed by atoms with Gasteiger partial charge in [0.1, 0.15) is 5.75 Å². The third kappa shape index (κ3) is 3.94. The van der Waals surface area contributed by atoms with Crippen LogP contribution in [0.4, 0.5) is 13.2 Å². The molecule has 0 saturated heterocycles. The lowest BCUT2D eigenvalue weighted by atomic mass is 10.0. The number of aryl methyl sites for hydroxylation is 1. The highest BCUT2D eigenvalue weighted by molar-refractivity contribution is 7.09. The molecule has 1 atom stereocenters. The third-order valence-electron chi connectivity index (χ3n) is 2.61. The zero-order valence-electron chi connectivity index (χ0n) is 10.6. The Balaban J connectivity index is 2.19. The van der Waals surface area contributed by atoms with Gasteiger partial charge in [-0.25, -0.2) is 4.98 Å². The van der Waals surface area contributed by atoms with E-state index in [0.29, 0.717) is 12.0 Å². The van der Waals surface area contributed by atoms with Gasteiger partial charge in [-0.1, -0.05) is 18.2 Å². The van der Waals surface area contributed by atoms with E-state index in [1.165, 1.54) is 29.5 Å². The van der Waals surface area contributed by atoms with Crippen LogP contribution in [0.2, 0.25) is 0 Å². The number of hydrogen-bond acceptors (Lipinski definition) is 4. The average Bonchev–Trinajstić information content (AvgIpc) is 2.73. The van der Waals surface area contributed by atoms with Gasteiger partial charge >= 0.3 is 6.36 Å². The molecule has 0 bridgehead atoms. The summed E-state index contributed by atoms with van der Waals surface area (Å²) in [4.78, 5) is 4.26. The van der Waals surface area contributed by atoms with Crippen molar-refractivity contribution in [3.05, 3.63) is 45.9 Å². The largest absolute Gasteiger partial charge is 0.573 e. The van der Waals surface area contributed by atoms with E-state index in [4.69, 9.17) is 5.73 Å². The van der Waals surface area contributed by atoms with Crippen molar-refractivity contribution in [1.29, 1.82) is 0 Å². The second-order valence-corrected chi connectivity index (χ2v) is 5.22. The number of rotatable bonds is 4. The maximum absolute atomic E-state index is 12.3. The number of thiazole rings is 1. The molecule has 1 aromatic carbocycles. The molecule has 0 radical (unpaired) electrons. The molecule has 0 spiro atoms. The molecule has 2 N–H and O–H groups in total. The van der Waals surface area contributed by atoms with E-state index in [1.54, 1.807) is 6.07 Å². The first-order chi connectivity index (χ1) is 9.35. The molecule has 2 rings (SSSR count).